The zero-order valence-corrected chi connectivity index (χ0v) is 12.0. The Kier molecular flexibility index (Phi) is 5.06. The maximum absolute atomic E-state index is 13.3. The molecule has 0 spiro atoms. The summed E-state index contributed by atoms with van der Waals surface area (Å²) >= 11 is 0. The third kappa shape index (κ3) is 3.89. The van der Waals surface area contributed by atoms with Gasteiger partial charge < -0.3 is 10.6 Å². The van der Waals surface area contributed by atoms with Gasteiger partial charge >= 0.3 is 0 Å². The minimum absolute atomic E-state index is 0.105. The summed E-state index contributed by atoms with van der Waals surface area (Å²) in [4.78, 5) is 14.0. The smallest absolute Gasteiger partial charge is 0.231 e. The Bertz CT molecular complexity index is 601. The molecular formula is C17H19FN2O. The van der Waals surface area contributed by atoms with Gasteiger partial charge in [0.25, 0.3) is 0 Å². The number of amides is 1. The number of benzene rings is 2. The lowest BCUT2D eigenvalue weighted by atomic mass is 9.98. The van der Waals surface area contributed by atoms with Crippen LogP contribution in [0.1, 0.15) is 5.56 Å². The molecule has 0 fully saturated rings. The van der Waals surface area contributed by atoms with Crippen LogP contribution in [0.2, 0.25) is 0 Å². The Morgan fingerprint density at radius 1 is 1.19 bits per heavy atom. The first-order valence-corrected chi connectivity index (χ1v) is 6.89. The number of hydrogen-bond donors (Lipinski definition) is 1. The Balaban J connectivity index is 2.12. The normalized spacial score (nSPS) is 12.0. The van der Waals surface area contributed by atoms with Crippen LogP contribution < -0.4 is 10.6 Å². The molecule has 3 nitrogen and oxygen atoms in total. The molecule has 21 heavy (non-hydrogen) atoms. The molecule has 0 radical (unpaired) electrons. The largest absolute Gasteiger partial charge is 0.330 e. The van der Waals surface area contributed by atoms with Gasteiger partial charge in [0.1, 0.15) is 5.82 Å². The Hall–Kier alpha value is -2.20. The van der Waals surface area contributed by atoms with E-state index >= 15 is 0 Å². The average Bonchev–Trinajstić information content (AvgIpc) is 2.52. The molecule has 1 atom stereocenters. The number of rotatable bonds is 5. The predicted octanol–water partition coefficient (Wildman–Crippen LogP) is 2.61. The molecule has 0 aliphatic heterocycles. The molecule has 0 bridgehead atoms. The third-order valence-electron chi connectivity index (χ3n) is 3.48. The summed E-state index contributed by atoms with van der Waals surface area (Å²) in [5, 5.41) is 0. The fraction of sp³-hybridized carbons (Fsp3) is 0.235. The highest BCUT2D eigenvalue weighted by atomic mass is 19.1. The van der Waals surface area contributed by atoms with E-state index in [0.717, 1.165) is 5.56 Å². The van der Waals surface area contributed by atoms with Crippen LogP contribution in [0.25, 0.3) is 0 Å². The van der Waals surface area contributed by atoms with Crippen LogP contribution in [-0.4, -0.2) is 19.5 Å². The Morgan fingerprint density at radius 2 is 1.90 bits per heavy atom. The van der Waals surface area contributed by atoms with Gasteiger partial charge in [-0.3, -0.25) is 4.79 Å². The highest BCUT2D eigenvalue weighted by Crippen LogP contribution is 2.18. The van der Waals surface area contributed by atoms with E-state index in [2.05, 4.69) is 0 Å². The van der Waals surface area contributed by atoms with Crippen LogP contribution in [0, 0.1) is 11.7 Å². The highest BCUT2D eigenvalue weighted by Gasteiger charge is 2.22. The summed E-state index contributed by atoms with van der Waals surface area (Å²) < 4.78 is 13.3. The maximum Gasteiger partial charge on any atom is 0.231 e. The Labute approximate surface area is 124 Å². The van der Waals surface area contributed by atoms with Gasteiger partial charge in [-0.15, -0.1) is 0 Å². The van der Waals surface area contributed by atoms with Crippen molar-refractivity contribution >= 4 is 11.6 Å². The number of nitrogens with two attached hydrogens (primary N) is 1. The van der Waals surface area contributed by atoms with Crippen molar-refractivity contribution in [2.45, 2.75) is 6.42 Å². The van der Waals surface area contributed by atoms with E-state index in [-0.39, 0.29) is 24.2 Å². The highest BCUT2D eigenvalue weighted by molar-refractivity contribution is 5.94. The monoisotopic (exact) mass is 286 g/mol. The van der Waals surface area contributed by atoms with Gasteiger partial charge in [0.2, 0.25) is 5.91 Å². The molecule has 4 heteroatoms. The minimum Gasteiger partial charge on any atom is -0.330 e. The topological polar surface area (TPSA) is 46.3 Å². The van der Waals surface area contributed by atoms with Crippen molar-refractivity contribution in [1.29, 1.82) is 0 Å². The number of hydrogen-bond acceptors (Lipinski definition) is 2. The fourth-order valence-electron chi connectivity index (χ4n) is 2.26. The van der Waals surface area contributed by atoms with Gasteiger partial charge in [0.15, 0.2) is 0 Å². The molecule has 2 rings (SSSR count). The van der Waals surface area contributed by atoms with Crippen LogP contribution in [0.15, 0.2) is 54.6 Å². The van der Waals surface area contributed by atoms with E-state index < -0.39 is 0 Å². The van der Waals surface area contributed by atoms with E-state index in [4.69, 9.17) is 5.73 Å². The fourth-order valence-corrected chi connectivity index (χ4v) is 2.26. The van der Waals surface area contributed by atoms with Gasteiger partial charge in [-0.1, -0.05) is 36.4 Å². The summed E-state index contributed by atoms with van der Waals surface area (Å²) in [5.74, 6) is -0.785. The molecule has 0 aliphatic carbocycles. The minimum atomic E-state index is -0.362. The van der Waals surface area contributed by atoms with Gasteiger partial charge in [0, 0.05) is 19.3 Å². The molecular weight excluding hydrogens is 267 g/mol. The van der Waals surface area contributed by atoms with Crippen molar-refractivity contribution in [3.05, 3.63) is 66.0 Å². The lowest BCUT2D eigenvalue weighted by Gasteiger charge is -2.23. The Morgan fingerprint density at radius 3 is 2.52 bits per heavy atom. The van der Waals surface area contributed by atoms with Crippen molar-refractivity contribution < 1.29 is 9.18 Å². The third-order valence-corrected chi connectivity index (χ3v) is 3.48. The van der Waals surface area contributed by atoms with Crippen molar-refractivity contribution in [1.82, 2.24) is 0 Å². The van der Waals surface area contributed by atoms with Crippen molar-refractivity contribution in [3.63, 3.8) is 0 Å². The summed E-state index contributed by atoms with van der Waals surface area (Å²) in [5.41, 5.74) is 7.34. The number of anilines is 1. The number of carbonyl (C=O) groups excluding carboxylic acids is 1. The van der Waals surface area contributed by atoms with Crippen LogP contribution in [-0.2, 0) is 11.2 Å². The second-order valence-electron chi connectivity index (χ2n) is 5.00. The molecule has 1 amide bonds. The molecule has 0 aromatic heterocycles. The zero-order valence-electron chi connectivity index (χ0n) is 12.0. The van der Waals surface area contributed by atoms with Gasteiger partial charge in [-0.25, -0.2) is 4.39 Å². The molecule has 2 N–H and O–H groups in total. The first kappa shape index (κ1) is 15.2. The standard InChI is InChI=1S/C17H19FN2O/c1-20(16-9-5-8-15(18)11-16)17(21)14(12-19)10-13-6-3-2-4-7-13/h2-9,11,14H,10,12,19H2,1H3. The molecule has 0 heterocycles. The van der Waals surface area contributed by atoms with Crippen LogP contribution in [0.3, 0.4) is 0 Å². The second kappa shape index (κ2) is 6.99. The predicted molar refractivity (Wildman–Crippen MR) is 82.5 cm³/mol. The molecule has 0 saturated carbocycles. The quantitative estimate of drug-likeness (QED) is 0.918. The van der Waals surface area contributed by atoms with Crippen LogP contribution >= 0.6 is 0 Å². The van der Waals surface area contributed by atoms with Gasteiger partial charge in [-0.2, -0.15) is 0 Å². The van der Waals surface area contributed by atoms with E-state index in [0.29, 0.717) is 12.1 Å². The number of halogens is 1. The van der Waals surface area contributed by atoms with Gasteiger partial charge in [0.05, 0.1) is 5.92 Å². The first-order chi connectivity index (χ1) is 10.1. The van der Waals surface area contributed by atoms with E-state index in [9.17, 15) is 9.18 Å². The average molecular weight is 286 g/mol. The summed E-state index contributed by atoms with van der Waals surface area (Å²) in [7, 11) is 1.64. The van der Waals surface area contributed by atoms with Crippen molar-refractivity contribution in [2.75, 3.05) is 18.5 Å². The SMILES string of the molecule is CN(C(=O)C(CN)Cc1ccccc1)c1cccc(F)c1. The number of carbonyl (C=O) groups is 1. The van der Waals surface area contributed by atoms with E-state index in [1.165, 1.54) is 17.0 Å². The van der Waals surface area contributed by atoms with Crippen LogP contribution in [0.5, 0.6) is 0 Å². The maximum atomic E-state index is 13.3. The van der Waals surface area contributed by atoms with E-state index in [1.54, 1.807) is 19.2 Å². The van der Waals surface area contributed by atoms with E-state index in [1.807, 2.05) is 30.3 Å². The molecule has 110 valence electrons. The molecule has 2 aromatic rings. The molecule has 0 aliphatic rings. The molecule has 1 unspecified atom stereocenters. The first-order valence-electron chi connectivity index (χ1n) is 6.89. The van der Waals surface area contributed by atoms with Crippen molar-refractivity contribution in [3.8, 4) is 0 Å². The summed E-state index contributed by atoms with van der Waals surface area (Å²) in [6.07, 6.45) is 0.579. The van der Waals surface area contributed by atoms with Gasteiger partial charge in [-0.05, 0) is 30.2 Å². The lowest BCUT2D eigenvalue weighted by Crippen LogP contribution is -2.37. The molecule has 2 aromatic carbocycles. The molecule has 0 saturated heterocycles. The van der Waals surface area contributed by atoms with Crippen LogP contribution in [0.4, 0.5) is 10.1 Å². The lowest BCUT2D eigenvalue weighted by molar-refractivity contribution is -0.121. The zero-order chi connectivity index (χ0) is 15.2. The second-order valence-corrected chi connectivity index (χ2v) is 5.00. The summed E-state index contributed by atoms with van der Waals surface area (Å²) in [6, 6.07) is 15.7. The number of nitrogens with zero attached hydrogens (tertiary/aromatic N) is 1. The van der Waals surface area contributed by atoms with Crippen molar-refractivity contribution in [2.24, 2.45) is 11.7 Å². The summed E-state index contributed by atoms with van der Waals surface area (Å²) in [6.45, 7) is 0.257.